The van der Waals surface area contributed by atoms with Gasteiger partial charge in [-0.1, -0.05) is 34.1 Å². The third-order valence-corrected chi connectivity index (χ3v) is 5.53. The van der Waals surface area contributed by atoms with Gasteiger partial charge in [0.05, 0.1) is 6.04 Å². The second-order valence-electron chi connectivity index (χ2n) is 6.57. The number of likely N-dealkylation sites (tertiary alicyclic amines) is 1. The molecule has 1 N–H and O–H groups in total. The van der Waals surface area contributed by atoms with Crippen LogP contribution in [-0.4, -0.2) is 36.6 Å². The number of hydrogen-bond donors (Lipinski definition) is 1. The summed E-state index contributed by atoms with van der Waals surface area (Å²) < 4.78 is 12.3. The minimum absolute atomic E-state index is 0.0577. The van der Waals surface area contributed by atoms with Crippen LogP contribution >= 0.6 is 15.9 Å². The predicted molar refractivity (Wildman–Crippen MR) is 104 cm³/mol. The van der Waals surface area contributed by atoms with Gasteiger partial charge in [0.15, 0.2) is 11.5 Å². The van der Waals surface area contributed by atoms with E-state index in [0.29, 0.717) is 19.8 Å². The average molecular weight is 417 g/mol. The fourth-order valence-corrected chi connectivity index (χ4v) is 3.95. The van der Waals surface area contributed by atoms with Crippen LogP contribution in [0.1, 0.15) is 18.4 Å². The molecule has 0 spiro atoms. The van der Waals surface area contributed by atoms with E-state index in [2.05, 4.69) is 26.1 Å². The van der Waals surface area contributed by atoms with Gasteiger partial charge in [-0.2, -0.15) is 0 Å². The van der Waals surface area contributed by atoms with Gasteiger partial charge < -0.3 is 14.8 Å². The molecule has 2 aromatic rings. The zero-order valence-electron chi connectivity index (χ0n) is 14.4. The van der Waals surface area contributed by atoms with Gasteiger partial charge in [0, 0.05) is 16.7 Å². The number of ether oxygens (including phenoxy) is 2. The van der Waals surface area contributed by atoms with E-state index >= 15 is 0 Å². The third kappa shape index (κ3) is 3.71. The molecule has 1 fully saturated rings. The van der Waals surface area contributed by atoms with E-state index in [0.717, 1.165) is 46.6 Å². The summed E-state index contributed by atoms with van der Waals surface area (Å²) in [4.78, 5) is 15.0. The summed E-state index contributed by atoms with van der Waals surface area (Å²) >= 11 is 3.63. The minimum atomic E-state index is -0.115. The first-order chi connectivity index (χ1) is 12.7. The SMILES string of the molecule is O=C(Nc1ccccc1)[C@H]1CCCN1Cc1cc2c(cc1Br)OCCO2. The van der Waals surface area contributed by atoms with E-state index in [4.69, 9.17) is 9.47 Å². The Morgan fingerprint density at radius 1 is 1.15 bits per heavy atom. The van der Waals surface area contributed by atoms with Crippen molar-refractivity contribution in [3.05, 3.63) is 52.5 Å². The van der Waals surface area contributed by atoms with Crippen molar-refractivity contribution in [1.29, 1.82) is 0 Å². The van der Waals surface area contributed by atoms with Crippen LogP contribution in [0.4, 0.5) is 5.69 Å². The van der Waals surface area contributed by atoms with Gasteiger partial charge in [0.25, 0.3) is 0 Å². The number of para-hydroxylation sites is 1. The van der Waals surface area contributed by atoms with Crippen molar-refractivity contribution in [3.63, 3.8) is 0 Å². The van der Waals surface area contributed by atoms with Crippen molar-refractivity contribution in [1.82, 2.24) is 4.90 Å². The molecule has 2 aliphatic heterocycles. The average Bonchev–Trinajstić information content (AvgIpc) is 3.11. The Labute approximate surface area is 161 Å². The second-order valence-corrected chi connectivity index (χ2v) is 7.43. The Kier molecular flexibility index (Phi) is 5.13. The Bertz CT molecular complexity index is 797. The van der Waals surface area contributed by atoms with Gasteiger partial charge in [0.1, 0.15) is 13.2 Å². The molecule has 0 bridgehead atoms. The number of nitrogens with zero attached hydrogens (tertiary/aromatic N) is 1. The molecule has 0 aliphatic carbocycles. The Morgan fingerprint density at radius 3 is 2.65 bits per heavy atom. The highest BCUT2D eigenvalue weighted by atomic mass is 79.9. The standard InChI is InChI=1S/C20H21BrN2O3/c21-16-12-19-18(25-9-10-26-19)11-14(16)13-23-8-4-7-17(23)20(24)22-15-5-2-1-3-6-15/h1-3,5-6,11-12,17H,4,7-10,13H2,(H,22,24)/t17-/m1/s1. The lowest BCUT2D eigenvalue weighted by atomic mass is 10.1. The maximum absolute atomic E-state index is 12.7. The molecule has 6 heteroatoms. The maximum Gasteiger partial charge on any atom is 0.241 e. The van der Waals surface area contributed by atoms with Gasteiger partial charge in [-0.3, -0.25) is 9.69 Å². The molecule has 4 rings (SSSR count). The number of fused-ring (bicyclic) bond motifs is 1. The Hall–Kier alpha value is -2.05. The number of carbonyl (C=O) groups is 1. The van der Waals surface area contributed by atoms with Gasteiger partial charge in [-0.15, -0.1) is 0 Å². The molecule has 1 amide bonds. The highest BCUT2D eigenvalue weighted by Gasteiger charge is 2.31. The number of rotatable bonds is 4. The van der Waals surface area contributed by atoms with Crippen molar-refractivity contribution in [2.75, 3.05) is 25.1 Å². The van der Waals surface area contributed by atoms with E-state index in [1.165, 1.54) is 0 Å². The lowest BCUT2D eigenvalue weighted by Gasteiger charge is -2.25. The van der Waals surface area contributed by atoms with E-state index in [1.807, 2.05) is 42.5 Å². The highest BCUT2D eigenvalue weighted by Crippen LogP contribution is 2.36. The smallest absolute Gasteiger partial charge is 0.241 e. The van der Waals surface area contributed by atoms with Crippen molar-refractivity contribution >= 4 is 27.5 Å². The molecule has 2 heterocycles. The summed E-state index contributed by atoms with van der Waals surface area (Å²) in [7, 11) is 0. The molecule has 0 radical (unpaired) electrons. The zero-order chi connectivity index (χ0) is 17.9. The number of benzene rings is 2. The predicted octanol–water partition coefficient (Wildman–Crippen LogP) is 3.82. The quantitative estimate of drug-likeness (QED) is 0.822. The van der Waals surface area contributed by atoms with E-state index in [-0.39, 0.29) is 11.9 Å². The van der Waals surface area contributed by atoms with Gasteiger partial charge in [-0.05, 0) is 49.2 Å². The molecule has 2 aliphatic rings. The van der Waals surface area contributed by atoms with Crippen molar-refractivity contribution < 1.29 is 14.3 Å². The van der Waals surface area contributed by atoms with Crippen LogP contribution in [0.3, 0.4) is 0 Å². The van der Waals surface area contributed by atoms with Crippen molar-refractivity contribution in [3.8, 4) is 11.5 Å². The normalized spacial score (nSPS) is 19.3. The Morgan fingerprint density at radius 2 is 1.88 bits per heavy atom. The lowest BCUT2D eigenvalue weighted by Crippen LogP contribution is -2.39. The van der Waals surface area contributed by atoms with Crippen LogP contribution in [0.15, 0.2) is 46.9 Å². The van der Waals surface area contributed by atoms with E-state index in [9.17, 15) is 4.79 Å². The summed E-state index contributed by atoms with van der Waals surface area (Å²) in [6.07, 6.45) is 1.90. The molecule has 0 aromatic heterocycles. The topological polar surface area (TPSA) is 50.8 Å². The number of amides is 1. The third-order valence-electron chi connectivity index (χ3n) is 4.79. The van der Waals surface area contributed by atoms with Gasteiger partial charge >= 0.3 is 0 Å². The van der Waals surface area contributed by atoms with Crippen LogP contribution < -0.4 is 14.8 Å². The molecule has 0 unspecified atom stereocenters. The molecular formula is C20H21BrN2O3. The molecular weight excluding hydrogens is 396 g/mol. The molecule has 1 saturated heterocycles. The van der Waals surface area contributed by atoms with Crippen LogP contribution in [0, 0.1) is 0 Å². The highest BCUT2D eigenvalue weighted by molar-refractivity contribution is 9.10. The van der Waals surface area contributed by atoms with Crippen LogP contribution in [0.25, 0.3) is 0 Å². The number of halogens is 1. The Balaban J connectivity index is 1.48. The summed E-state index contributed by atoms with van der Waals surface area (Å²) in [6.45, 7) is 2.75. The molecule has 1 atom stereocenters. The van der Waals surface area contributed by atoms with Crippen molar-refractivity contribution in [2.45, 2.75) is 25.4 Å². The number of hydrogen-bond acceptors (Lipinski definition) is 4. The molecule has 0 saturated carbocycles. The maximum atomic E-state index is 12.7. The number of nitrogens with one attached hydrogen (secondary N) is 1. The van der Waals surface area contributed by atoms with Crippen LogP contribution in [0.2, 0.25) is 0 Å². The monoisotopic (exact) mass is 416 g/mol. The van der Waals surface area contributed by atoms with Crippen LogP contribution in [-0.2, 0) is 11.3 Å². The van der Waals surface area contributed by atoms with Gasteiger partial charge in [0.2, 0.25) is 5.91 Å². The van der Waals surface area contributed by atoms with E-state index in [1.54, 1.807) is 0 Å². The van der Waals surface area contributed by atoms with Crippen LogP contribution in [0.5, 0.6) is 11.5 Å². The first-order valence-electron chi connectivity index (χ1n) is 8.89. The number of carbonyl (C=O) groups excluding carboxylic acids is 1. The summed E-state index contributed by atoms with van der Waals surface area (Å²) in [5.41, 5.74) is 1.94. The number of anilines is 1. The zero-order valence-corrected chi connectivity index (χ0v) is 16.0. The van der Waals surface area contributed by atoms with E-state index < -0.39 is 0 Å². The second kappa shape index (κ2) is 7.68. The van der Waals surface area contributed by atoms with Crippen molar-refractivity contribution in [2.24, 2.45) is 0 Å². The summed E-state index contributed by atoms with van der Waals surface area (Å²) in [6, 6.07) is 13.5. The lowest BCUT2D eigenvalue weighted by molar-refractivity contribution is -0.120. The molecule has 136 valence electrons. The largest absolute Gasteiger partial charge is 0.486 e. The summed E-state index contributed by atoms with van der Waals surface area (Å²) in [5.74, 6) is 1.60. The molecule has 5 nitrogen and oxygen atoms in total. The fraction of sp³-hybridized carbons (Fsp3) is 0.350. The summed E-state index contributed by atoms with van der Waals surface area (Å²) in [5, 5.41) is 3.03. The molecule has 2 aromatic carbocycles. The fourth-order valence-electron chi connectivity index (χ4n) is 3.51. The molecule has 26 heavy (non-hydrogen) atoms. The van der Waals surface area contributed by atoms with Gasteiger partial charge in [-0.25, -0.2) is 0 Å². The first-order valence-corrected chi connectivity index (χ1v) is 9.68. The minimum Gasteiger partial charge on any atom is -0.486 e. The first kappa shape index (κ1) is 17.4.